The Morgan fingerprint density at radius 1 is 1.40 bits per heavy atom. The van der Waals surface area contributed by atoms with Crippen molar-refractivity contribution in [2.75, 3.05) is 5.32 Å². The lowest BCUT2D eigenvalue weighted by atomic mass is 9.90. The maximum absolute atomic E-state index is 3.67. The molecule has 1 aliphatic rings. The molecule has 1 heterocycles. The van der Waals surface area contributed by atoms with E-state index >= 15 is 0 Å². The lowest BCUT2D eigenvalue weighted by Gasteiger charge is -2.31. The monoisotopic (exact) mass is 267 g/mol. The first-order valence-electron chi connectivity index (χ1n) is 5.63. The first-order chi connectivity index (χ1) is 7.08. The number of nitrogens with one attached hydrogen (secondary N) is 1. The summed E-state index contributed by atoms with van der Waals surface area (Å²) in [7, 11) is 0. The van der Waals surface area contributed by atoms with Crippen LogP contribution in [0.5, 0.6) is 0 Å². The van der Waals surface area contributed by atoms with E-state index in [0.29, 0.717) is 12.0 Å². The first kappa shape index (κ1) is 11.0. The van der Waals surface area contributed by atoms with E-state index in [-0.39, 0.29) is 0 Å². The topological polar surface area (TPSA) is 12.0 Å². The summed E-state index contributed by atoms with van der Waals surface area (Å²) >= 11 is 3.56. The van der Waals surface area contributed by atoms with E-state index in [1.165, 1.54) is 34.1 Å². The second-order valence-corrected chi connectivity index (χ2v) is 5.71. The predicted octanol–water partition coefficient (Wildman–Crippen LogP) is 4.14. The third kappa shape index (κ3) is 2.20. The standard InChI is InChI=1S/C13H18BrN/c1-8(2)12-5-4-10-7-11(14)6-9(3)13(10)15-12/h6-8,12,15H,4-5H2,1-3H3. The van der Waals surface area contributed by atoms with E-state index in [4.69, 9.17) is 0 Å². The van der Waals surface area contributed by atoms with Crippen LogP contribution in [0.2, 0.25) is 0 Å². The van der Waals surface area contributed by atoms with Crippen molar-refractivity contribution < 1.29 is 0 Å². The van der Waals surface area contributed by atoms with Crippen molar-refractivity contribution in [2.24, 2.45) is 5.92 Å². The molecule has 2 rings (SSSR count). The number of hydrogen-bond acceptors (Lipinski definition) is 1. The molecule has 0 fully saturated rings. The molecule has 0 radical (unpaired) electrons. The number of halogens is 1. The highest BCUT2D eigenvalue weighted by molar-refractivity contribution is 9.10. The molecule has 1 unspecified atom stereocenters. The first-order valence-corrected chi connectivity index (χ1v) is 6.43. The minimum atomic E-state index is 0.636. The van der Waals surface area contributed by atoms with Crippen LogP contribution in [0.1, 0.15) is 31.4 Å². The summed E-state index contributed by atoms with van der Waals surface area (Å²) < 4.78 is 1.20. The van der Waals surface area contributed by atoms with Crippen LogP contribution in [0, 0.1) is 12.8 Å². The number of fused-ring (bicyclic) bond motifs is 1. The summed E-state index contributed by atoms with van der Waals surface area (Å²) in [5.41, 5.74) is 4.17. The lowest BCUT2D eigenvalue weighted by Crippen LogP contribution is -2.30. The zero-order valence-corrected chi connectivity index (χ0v) is 11.2. The van der Waals surface area contributed by atoms with Gasteiger partial charge in [-0.15, -0.1) is 0 Å². The molecule has 1 atom stereocenters. The van der Waals surface area contributed by atoms with E-state index < -0.39 is 0 Å². The SMILES string of the molecule is Cc1cc(Br)cc2c1NC(C(C)C)CC2. The predicted molar refractivity (Wildman–Crippen MR) is 69.4 cm³/mol. The molecule has 0 aliphatic carbocycles. The van der Waals surface area contributed by atoms with Gasteiger partial charge in [0.05, 0.1) is 0 Å². The zero-order chi connectivity index (χ0) is 11.0. The second kappa shape index (κ2) is 4.17. The van der Waals surface area contributed by atoms with E-state index in [9.17, 15) is 0 Å². The van der Waals surface area contributed by atoms with Gasteiger partial charge in [-0.3, -0.25) is 0 Å². The highest BCUT2D eigenvalue weighted by Crippen LogP contribution is 2.32. The van der Waals surface area contributed by atoms with Crippen molar-refractivity contribution in [3.63, 3.8) is 0 Å². The maximum atomic E-state index is 3.67. The number of aryl methyl sites for hydroxylation is 2. The third-order valence-electron chi connectivity index (χ3n) is 3.24. The van der Waals surface area contributed by atoms with Crippen molar-refractivity contribution in [1.82, 2.24) is 0 Å². The number of anilines is 1. The lowest BCUT2D eigenvalue weighted by molar-refractivity contribution is 0.482. The van der Waals surface area contributed by atoms with Crippen LogP contribution in [0.15, 0.2) is 16.6 Å². The van der Waals surface area contributed by atoms with Gasteiger partial charge in [0.2, 0.25) is 0 Å². The van der Waals surface area contributed by atoms with Gasteiger partial charge in [-0.2, -0.15) is 0 Å². The number of rotatable bonds is 1. The van der Waals surface area contributed by atoms with Crippen LogP contribution in [0.4, 0.5) is 5.69 Å². The van der Waals surface area contributed by atoms with Gasteiger partial charge in [0, 0.05) is 16.2 Å². The summed E-state index contributed by atoms with van der Waals surface area (Å²) in [5, 5.41) is 3.67. The quantitative estimate of drug-likeness (QED) is 0.807. The van der Waals surface area contributed by atoms with Crippen LogP contribution >= 0.6 is 15.9 Å². The molecular formula is C13H18BrN. The van der Waals surface area contributed by atoms with E-state index in [2.05, 4.69) is 54.2 Å². The van der Waals surface area contributed by atoms with Crippen LogP contribution in [-0.2, 0) is 6.42 Å². The van der Waals surface area contributed by atoms with Crippen LogP contribution in [0.25, 0.3) is 0 Å². The Morgan fingerprint density at radius 3 is 2.80 bits per heavy atom. The largest absolute Gasteiger partial charge is 0.382 e. The van der Waals surface area contributed by atoms with Gasteiger partial charge in [0.25, 0.3) is 0 Å². The maximum Gasteiger partial charge on any atom is 0.0405 e. The molecule has 1 aromatic rings. The molecule has 2 heteroatoms. The molecule has 1 aromatic carbocycles. The Kier molecular flexibility index (Phi) is 3.06. The summed E-state index contributed by atoms with van der Waals surface area (Å²) in [5.74, 6) is 0.709. The molecule has 0 spiro atoms. The summed E-state index contributed by atoms with van der Waals surface area (Å²) in [6.07, 6.45) is 2.45. The number of benzene rings is 1. The van der Waals surface area contributed by atoms with Gasteiger partial charge < -0.3 is 5.32 Å². The molecule has 15 heavy (non-hydrogen) atoms. The normalized spacial score (nSPS) is 19.9. The fourth-order valence-electron chi connectivity index (χ4n) is 2.28. The molecule has 1 nitrogen and oxygen atoms in total. The molecule has 1 aliphatic heterocycles. The molecule has 0 bridgehead atoms. The average Bonchev–Trinajstić information content (AvgIpc) is 2.16. The van der Waals surface area contributed by atoms with Gasteiger partial charge in [0.15, 0.2) is 0 Å². The van der Waals surface area contributed by atoms with Crippen LogP contribution in [-0.4, -0.2) is 6.04 Å². The smallest absolute Gasteiger partial charge is 0.0405 e. The third-order valence-corrected chi connectivity index (χ3v) is 3.70. The summed E-state index contributed by atoms with van der Waals surface area (Å²) in [4.78, 5) is 0. The van der Waals surface area contributed by atoms with Crippen molar-refractivity contribution in [3.05, 3.63) is 27.7 Å². The Hall–Kier alpha value is -0.500. The van der Waals surface area contributed by atoms with Gasteiger partial charge in [-0.1, -0.05) is 29.8 Å². The van der Waals surface area contributed by atoms with Crippen molar-refractivity contribution in [3.8, 4) is 0 Å². The van der Waals surface area contributed by atoms with E-state index in [1.807, 2.05) is 0 Å². The van der Waals surface area contributed by atoms with Gasteiger partial charge in [0.1, 0.15) is 0 Å². The molecule has 0 saturated heterocycles. The van der Waals surface area contributed by atoms with Crippen molar-refractivity contribution in [2.45, 2.75) is 39.7 Å². The van der Waals surface area contributed by atoms with Crippen LogP contribution < -0.4 is 5.32 Å². The highest BCUT2D eigenvalue weighted by atomic mass is 79.9. The van der Waals surface area contributed by atoms with Crippen LogP contribution in [0.3, 0.4) is 0 Å². The minimum absolute atomic E-state index is 0.636. The minimum Gasteiger partial charge on any atom is -0.382 e. The molecule has 82 valence electrons. The molecule has 0 aromatic heterocycles. The van der Waals surface area contributed by atoms with E-state index in [0.717, 1.165) is 0 Å². The highest BCUT2D eigenvalue weighted by Gasteiger charge is 2.21. The fourth-order valence-corrected chi connectivity index (χ4v) is 2.90. The summed E-state index contributed by atoms with van der Waals surface area (Å²) in [6.45, 7) is 6.76. The summed E-state index contributed by atoms with van der Waals surface area (Å²) in [6, 6.07) is 5.07. The fraction of sp³-hybridized carbons (Fsp3) is 0.538. The van der Waals surface area contributed by atoms with Crippen molar-refractivity contribution in [1.29, 1.82) is 0 Å². The Bertz CT molecular complexity index is 371. The zero-order valence-electron chi connectivity index (χ0n) is 9.60. The Balaban J connectivity index is 2.33. The molecule has 0 amide bonds. The molecule has 1 N–H and O–H groups in total. The average molecular weight is 268 g/mol. The van der Waals surface area contributed by atoms with Crippen molar-refractivity contribution >= 4 is 21.6 Å². The van der Waals surface area contributed by atoms with E-state index in [1.54, 1.807) is 0 Å². The molecular weight excluding hydrogens is 250 g/mol. The second-order valence-electron chi connectivity index (χ2n) is 4.79. The van der Waals surface area contributed by atoms with Gasteiger partial charge in [-0.25, -0.2) is 0 Å². The Labute approximate surface area is 100 Å². The van der Waals surface area contributed by atoms with Gasteiger partial charge in [-0.05, 0) is 48.9 Å². The molecule has 0 saturated carbocycles. The van der Waals surface area contributed by atoms with Gasteiger partial charge >= 0.3 is 0 Å². The number of hydrogen-bond donors (Lipinski definition) is 1. The Morgan fingerprint density at radius 2 is 2.13 bits per heavy atom.